The van der Waals surface area contributed by atoms with Crippen LogP contribution in [-0.4, -0.2) is 29.9 Å². The predicted octanol–water partition coefficient (Wildman–Crippen LogP) is 7.85. The van der Waals surface area contributed by atoms with E-state index in [0.29, 0.717) is 10.3 Å². The Morgan fingerprint density at radius 2 is 0.861 bits per heavy atom. The fourth-order valence-electron chi connectivity index (χ4n) is 4.10. The Morgan fingerprint density at radius 3 is 1.22 bits per heavy atom. The molecular weight excluding hydrogens is 525 g/mol. The Balaban J connectivity index is 1.24. The molecule has 6 nitrogen and oxygen atoms in total. The number of para-hydroxylation sites is 2. The number of thiazole rings is 2. The highest BCUT2D eigenvalue weighted by atomic mass is 33.1. The van der Waals surface area contributed by atoms with Crippen LogP contribution in [0.2, 0.25) is 0 Å². The third kappa shape index (κ3) is 4.39. The summed E-state index contributed by atoms with van der Waals surface area (Å²) in [7, 11) is 2.95. The molecule has 178 valence electrons. The molecule has 4 heterocycles. The number of aryl methyl sites for hydroxylation is 4. The third-order valence-electron chi connectivity index (χ3n) is 5.71. The van der Waals surface area contributed by atoms with Crippen LogP contribution in [0, 0.1) is 27.7 Å². The van der Waals surface area contributed by atoms with Gasteiger partial charge in [0.2, 0.25) is 0 Å². The highest BCUT2D eigenvalue weighted by molar-refractivity contribution is 8.76. The molecule has 0 aliphatic carbocycles. The van der Waals surface area contributed by atoms with E-state index in [0.717, 1.165) is 64.4 Å². The highest BCUT2D eigenvalue weighted by Gasteiger charge is 2.18. The maximum atomic E-state index is 4.80. The molecule has 0 atom stereocenters. The average molecular weight is 545 g/mol. The number of benzene rings is 2. The number of fused-ring (bicyclic) bond motifs is 2. The fraction of sp³-hybridized carbons (Fsp3) is 0.154. The maximum Gasteiger partial charge on any atom is 0.199 e. The topological polar surface area (TPSA) is 77.3 Å². The molecule has 0 fully saturated rings. The van der Waals surface area contributed by atoms with Crippen LogP contribution in [0.1, 0.15) is 22.8 Å². The monoisotopic (exact) mass is 544 g/mol. The number of aromatic nitrogens is 6. The van der Waals surface area contributed by atoms with Crippen molar-refractivity contribution in [3.63, 3.8) is 0 Å². The highest BCUT2D eigenvalue weighted by Crippen LogP contribution is 2.39. The summed E-state index contributed by atoms with van der Waals surface area (Å²) in [6, 6.07) is 16.3. The standard InChI is InChI=1S/C26H20N6S4/c1-13-21(23-31-17-9-5-7-11-19(17)33-23)14(2)28-25(27-13)35-36-26-29-15(3)22(16(4)30-26)24-32-18-10-6-8-12-20(18)34-24/h5-12H,1-4H3. The molecule has 0 radical (unpaired) electrons. The maximum absolute atomic E-state index is 4.80. The first kappa shape index (κ1) is 23.5. The Hall–Kier alpha value is -2.92. The summed E-state index contributed by atoms with van der Waals surface area (Å²) < 4.78 is 2.33. The molecule has 0 saturated heterocycles. The summed E-state index contributed by atoms with van der Waals surface area (Å²) in [4.78, 5) is 28.6. The van der Waals surface area contributed by atoms with Crippen LogP contribution in [0.4, 0.5) is 0 Å². The predicted molar refractivity (Wildman–Crippen MR) is 152 cm³/mol. The molecule has 10 heteroatoms. The Kier molecular flexibility index (Phi) is 6.20. The van der Waals surface area contributed by atoms with E-state index in [4.69, 9.17) is 29.9 Å². The van der Waals surface area contributed by atoms with Gasteiger partial charge >= 0.3 is 0 Å². The molecular formula is C26H20N6S4. The summed E-state index contributed by atoms with van der Waals surface area (Å²) in [5, 5.41) is 3.29. The number of nitrogens with zero attached hydrogens (tertiary/aromatic N) is 6. The van der Waals surface area contributed by atoms with Crippen LogP contribution in [0.3, 0.4) is 0 Å². The van der Waals surface area contributed by atoms with Gasteiger partial charge in [-0.1, -0.05) is 24.3 Å². The normalized spacial score (nSPS) is 11.6. The summed E-state index contributed by atoms with van der Waals surface area (Å²) in [6.45, 7) is 8.07. The van der Waals surface area contributed by atoms with Crippen molar-refractivity contribution in [1.29, 1.82) is 0 Å². The molecule has 6 rings (SSSR count). The van der Waals surface area contributed by atoms with Crippen LogP contribution in [0.15, 0.2) is 58.8 Å². The van der Waals surface area contributed by atoms with Crippen molar-refractivity contribution in [2.75, 3.05) is 0 Å². The largest absolute Gasteiger partial charge is 0.236 e. The molecule has 2 aromatic carbocycles. The van der Waals surface area contributed by atoms with Crippen molar-refractivity contribution in [3.8, 4) is 21.1 Å². The van der Waals surface area contributed by atoms with E-state index in [2.05, 4.69) is 12.1 Å². The molecule has 0 bridgehead atoms. The third-order valence-corrected chi connectivity index (χ3v) is 9.71. The van der Waals surface area contributed by atoms with Crippen LogP contribution < -0.4 is 0 Å². The van der Waals surface area contributed by atoms with Gasteiger partial charge in [0.1, 0.15) is 10.0 Å². The zero-order valence-corrected chi connectivity index (χ0v) is 23.2. The van der Waals surface area contributed by atoms with Gasteiger partial charge in [0.25, 0.3) is 0 Å². The van der Waals surface area contributed by atoms with Crippen LogP contribution in [0.5, 0.6) is 0 Å². The van der Waals surface area contributed by atoms with E-state index in [9.17, 15) is 0 Å². The molecule has 0 unspecified atom stereocenters. The summed E-state index contributed by atoms with van der Waals surface area (Å²) in [5.74, 6) is 0. The lowest BCUT2D eigenvalue weighted by molar-refractivity contribution is 0.905. The van der Waals surface area contributed by atoms with Crippen molar-refractivity contribution >= 4 is 64.7 Å². The Bertz CT molecular complexity index is 1520. The number of hydrogen-bond donors (Lipinski definition) is 0. The zero-order valence-electron chi connectivity index (χ0n) is 19.9. The number of hydrogen-bond acceptors (Lipinski definition) is 10. The molecule has 0 spiro atoms. The van der Waals surface area contributed by atoms with Crippen molar-refractivity contribution in [2.45, 2.75) is 38.0 Å². The van der Waals surface area contributed by atoms with Gasteiger partial charge in [-0.2, -0.15) is 0 Å². The molecule has 0 aliphatic rings. The molecule has 0 aliphatic heterocycles. The fourth-order valence-corrected chi connectivity index (χ4v) is 8.07. The first-order chi connectivity index (χ1) is 17.5. The smallest absolute Gasteiger partial charge is 0.199 e. The van der Waals surface area contributed by atoms with Gasteiger partial charge in [-0.3, -0.25) is 0 Å². The van der Waals surface area contributed by atoms with E-state index < -0.39 is 0 Å². The van der Waals surface area contributed by atoms with E-state index >= 15 is 0 Å². The second kappa shape index (κ2) is 9.51. The van der Waals surface area contributed by atoms with Crippen molar-refractivity contribution in [1.82, 2.24) is 29.9 Å². The Morgan fingerprint density at radius 1 is 0.500 bits per heavy atom. The lowest BCUT2D eigenvalue weighted by atomic mass is 10.2. The molecule has 0 N–H and O–H groups in total. The van der Waals surface area contributed by atoms with E-state index in [1.54, 1.807) is 22.7 Å². The van der Waals surface area contributed by atoms with E-state index in [1.165, 1.54) is 21.6 Å². The molecule has 0 amide bonds. The lowest BCUT2D eigenvalue weighted by Crippen LogP contribution is -1.99. The van der Waals surface area contributed by atoms with Crippen LogP contribution >= 0.6 is 44.3 Å². The molecule has 36 heavy (non-hydrogen) atoms. The Labute approximate surface area is 224 Å². The minimum absolute atomic E-state index is 0.689. The van der Waals surface area contributed by atoms with E-state index in [1.807, 2.05) is 64.1 Å². The van der Waals surface area contributed by atoms with Crippen molar-refractivity contribution < 1.29 is 0 Å². The lowest BCUT2D eigenvalue weighted by Gasteiger charge is -2.09. The summed E-state index contributed by atoms with van der Waals surface area (Å²) in [5.41, 5.74) is 7.70. The van der Waals surface area contributed by atoms with Gasteiger partial charge in [0.05, 0.1) is 54.3 Å². The molecule has 0 saturated carbocycles. The molecule has 4 aromatic heterocycles. The van der Waals surface area contributed by atoms with Gasteiger partial charge < -0.3 is 0 Å². The van der Waals surface area contributed by atoms with E-state index in [-0.39, 0.29) is 0 Å². The zero-order chi connectivity index (χ0) is 24.8. The van der Waals surface area contributed by atoms with Crippen molar-refractivity contribution in [2.24, 2.45) is 0 Å². The van der Waals surface area contributed by atoms with Crippen LogP contribution in [-0.2, 0) is 0 Å². The van der Waals surface area contributed by atoms with Gasteiger partial charge in [0.15, 0.2) is 10.3 Å². The van der Waals surface area contributed by atoms with Crippen LogP contribution in [0.25, 0.3) is 41.6 Å². The van der Waals surface area contributed by atoms with Gasteiger partial charge in [-0.25, -0.2) is 29.9 Å². The minimum atomic E-state index is 0.689. The minimum Gasteiger partial charge on any atom is -0.236 e. The quantitative estimate of drug-likeness (QED) is 0.160. The summed E-state index contributed by atoms with van der Waals surface area (Å²) in [6.07, 6.45) is 0. The second-order valence-corrected chi connectivity index (χ2v) is 12.4. The van der Waals surface area contributed by atoms with Gasteiger partial charge in [-0.05, 0) is 73.5 Å². The first-order valence-electron chi connectivity index (χ1n) is 11.2. The second-order valence-electron chi connectivity index (χ2n) is 8.24. The molecule has 6 aromatic rings. The van der Waals surface area contributed by atoms with Gasteiger partial charge in [-0.15, -0.1) is 22.7 Å². The average Bonchev–Trinajstić information content (AvgIpc) is 3.46. The SMILES string of the molecule is Cc1nc(SSc2nc(C)c(-c3nc4ccccc4s3)c(C)n2)nc(C)c1-c1nc2ccccc2s1. The first-order valence-corrected chi connectivity index (χ1v) is 15.0. The van der Waals surface area contributed by atoms with Gasteiger partial charge in [0, 0.05) is 0 Å². The van der Waals surface area contributed by atoms with Crippen molar-refractivity contribution in [3.05, 3.63) is 71.3 Å². The number of rotatable bonds is 5. The summed E-state index contributed by atoms with van der Waals surface area (Å²) >= 11 is 3.34.